The number of hydrogen-bond donors (Lipinski definition) is 2. The van der Waals surface area contributed by atoms with E-state index in [-0.39, 0.29) is 29.3 Å². The van der Waals surface area contributed by atoms with E-state index in [1.807, 2.05) is 45.1 Å². The van der Waals surface area contributed by atoms with Crippen molar-refractivity contribution in [2.75, 3.05) is 18.9 Å². The molecular weight excluding hydrogens is 356 g/mol. The summed E-state index contributed by atoms with van der Waals surface area (Å²) in [6.07, 6.45) is 5.87. The average Bonchev–Trinajstić information content (AvgIpc) is 3.21. The molecule has 2 N–H and O–H groups in total. The average molecular weight is 384 g/mol. The van der Waals surface area contributed by atoms with Gasteiger partial charge < -0.3 is 15.5 Å². The maximum atomic E-state index is 12.8. The van der Waals surface area contributed by atoms with Crippen molar-refractivity contribution < 1.29 is 9.59 Å². The van der Waals surface area contributed by atoms with Gasteiger partial charge in [0.05, 0.1) is 17.8 Å². The second kappa shape index (κ2) is 7.61. The fraction of sp³-hybridized carbons (Fsp3) is 0.500. The van der Waals surface area contributed by atoms with Gasteiger partial charge in [-0.2, -0.15) is 5.10 Å². The van der Waals surface area contributed by atoms with E-state index in [1.165, 1.54) is 0 Å². The first kappa shape index (κ1) is 19.9. The molecular formula is C20H28N6O2. The first-order chi connectivity index (χ1) is 13.2. The van der Waals surface area contributed by atoms with E-state index in [1.54, 1.807) is 30.1 Å². The Bertz CT molecular complexity index is 870. The normalized spacial score (nSPS) is 19.8. The highest BCUT2D eigenvalue weighted by molar-refractivity contribution is 5.98. The predicted molar refractivity (Wildman–Crippen MR) is 107 cm³/mol. The van der Waals surface area contributed by atoms with Crippen molar-refractivity contribution in [1.82, 2.24) is 25.0 Å². The van der Waals surface area contributed by atoms with Gasteiger partial charge >= 0.3 is 0 Å². The second-order valence-corrected chi connectivity index (χ2v) is 8.15. The molecule has 150 valence electrons. The molecule has 2 aromatic rings. The molecule has 0 unspecified atom stereocenters. The van der Waals surface area contributed by atoms with Crippen LogP contribution in [0.3, 0.4) is 0 Å². The topological polar surface area (TPSA) is 92.2 Å². The number of amides is 2. The van der Waals surface area contributed by atoms with Crippen LogP contribution < -0.4 is 10.6 Å². The zero-order valence-electron chi connectivity index (χ0n) is 17.1. The molecule has 0 aliphatic carbocycles. The SMILES string of the molecule is CNC(=O)c1cccnc1NC[C@@H]1CC(=O)N(C(C)(C)C)[C@H]1c1cnn(C)c1. The molecule has 0 aromatic carbocycles. The Morgan fingerprint density at radius 3 is 2.71 bits per heavy atom. The lowest BCUT2D eigenvalue weighted by Crippen LogP contribution is -2.44. The first-order valence-electron chi connectivity index (χ1n) is 9.44. The molecule has 8 nitrogen and oxygen atoms in total. The monoisotopic (exact) mass is 384 g/mol. The minimum atomic E-state index is -0.301. The number of hydrogen-bond acceptors (Lipinski definition) is 5. The Labute approximate surface area is 165 Å². The van der Waals surface area contributed by atoms with Crippen LogP contribution in [0.1, 0.15) is 49.2 Å². The van der Waals surface area contributed by atoms with Crippen LogP contribution in [0.4, 0.5) is 5.82 Å². The van der Waals surface area contributed by atoms with Crippen LogP contribution in [0.15, 0.2) is 30.7 Å². The summed E-state index contributed by atoms with van der Waals surface area (Å²) in [4.78, 5) is 31.2. The molecule has 28 heavy (non-hydrogen) atoms. The third-order valence-electron chi connectivity index (χ3n) is 5.03. The summed E-state index contributed by atoms with van der Waals surface area (Å²) in [5.41, 5.74) is 1.20. The third kappa shape index (κ3) is 3.85. The number of nitrogens with zero attached hydrogens (tertiary/aromatic N) is 4. The number of likely N-dealkylation sites (tertiary alicyclic amines) is 1. The van der Waals surface area contributed by atoms with Crippen molar-refractivity contribution in [3.05, 3.63) is 41.9 Å². The highest BCUT2D eigenvalue weighted by atomic mass is 16.2. The van der Waals surface area contributed by atoms with Gasteiger partial charge in [-0.15, -0.1) is 0 Å². The molecule has 0 radical (unpaired) electrons. The van der Waals surface area contributed by atoms with E-state index in [9.17, 15) is 9.59 Å². The van der Waals surface area contributed by atoms with Crippen LogP contribution >= 0.6 is 0 Å². The zero-order valence-corrected chi connectivity index (χ0v) is 17.1. The molecule has 0 spiro atoms. The highest BCUT2D eigenvalue weighted by Gasteiger charge is 2.45. The van der Waals surface area contributed by atoms with Crippen molar-refractivity contribution in [3.8, 4) is 0 Å². The van der Waals surface area contributed by atoms with Crippen LogP contribution in [-0.4, -0.2) is 50.6 Å². The van der Waals surface area contributed by atoms with Crippen molar-refractivity contribution >= 4 is 17.6 Å². The number of carbonyl (C=O) groups excluding carboxylic acids is 2. The number of anilines is 1. The van der Waals surface area contributed by atoms with E-state index in [4.69, 9.17) is 0 Å². The summed E-state index contributed by atoms with van der Waals surface area (Å²) in [6.45, 7) is 6.67. The van der Waals surface area contributed by atoms with Crippen LogP contribution in [0, 0.1) is 5.92 Å². The maximum absolute atomic E-state index is 12.8. The molecule has 1 fully saturated rings. The molecule has 8 heteroatoms. The molecule has 3 heterocycles. The number of carbonyl (C=O) groups is 2. The van der Waals surface area contributed by atoms with Gasteiger partial charge in [0.25, 0.3) is 5.91 Å². The van der Waals surface area contributed by atoms with Gasteiger partial charge in [0.15, 0.2) is 0 Å². The molecule has 3 rings (SSSR count). The van der Waals surface area contributed by atoms with Gasteiger partial charge in [-0.05, 0) is 32.9 Å². The summed E-state index contributed by atoms with van der Waals surface area (Å²) in [6, 6.07) is 3.38. The van der Waals surface area contributed by atoms with Crippen LogP contribution in [0.2, 0.25) is 0 Å². The fourth-order valence-corrected chi connectivity index (χ4v) is 3.88. The Kier molecular flexibility index (Phi) is 5.40. The predicted octanol–water partition coefficient (Wildman–Crippen LogP) is 1.97. The molecule has 1 aliphatic rings. The number of aryl methyl sites for hydroxylation is 1. The summed E-state index contributed by atoms with van der Waals surface area (Å²) in [5, 5.41) is 10.2. The molecule has 0 saturated carbocycles. The Morgan fingerprint density at radius 1 is 1.36 bits per heavy atom. The molecule has 0 bridgehead atoms. The number of pyridine rings is 1. The molecule has 1 aliphatic heterocycles. The third-order valence-corrected chi connectivity index (χ3v) is 5.03. The lowest BCUT2D eigenvalue weighted by Gasteiger charge is -2.38. The summed E-state index contributed by atoms with van der Waals surface area (Å²) in [7, 11) is 3.47. The summed E-state index contributed by atoms with van der Waals surface area (Å²) < 4.78 is 1.76. The maximum Gasteiger partial charge on any atom is 0.254 e. The Morgan fingerprint density at radius 2 is 2.11 bits per heavy atom. The summed E-state index contributed by atoms with van der Waals surface area (Å²) in [5.74, 6) is 0.489. The van der Waals surface area contributed by atoms with Gasteiger partial charge in [0.2, 0.25) is 5.91 Å². The second-order valence-electron chi connectivity index (χ2n) is 8.15. The smallest absolute Gasteiger partial charge is 0.254 e. The van der Waals surface area contributed by atoms with Crippen molar-refractivity contribution in [2.24, 2.45) is 13.0 Å². The van der Waals surface area contributed by atoms with E-state index in [2.05, 4.69) is 20.7 Å². The number of nitrogens with one attached hydrogen (secondary N) is 2. The van der Waals surface area contributed by atoms with E-state index < -0.39 is 0 Å². The standard InChI is InChI=1S/C20H28N6O2/c1-20(2,3)26-16(27)9-13(17(26)14-11-24-25(5)12-14)10-23-18-15(19(28)21-4)7-6-8-22-18/h6-8,11-13,17H,9-10H2,1-5H3,(H,21,28)(H,22,23)/t13-,17+/m0/s1. The number of rotatable bonds is 5. The first-order valence-corrected chi connectivity index (χ1v) is 9.44. The minimum absolute atomic E-state index is 0.0375. The molecule has 2 amide bonds. The van der Waals surface area contributed by atoms with Crippen molar-refractivity contribution in [3.63, 3.8) is 0 Å². The Balaban J connectivity index is 1.87. The largest absolute Gasteiger partial charge is 0.369 e. The molecule has 2 aromatic heterocycles. The van der Waals surface area contributed by atoms with Gasteiger partial charge in [0, 0.05) is 56.5 Å². The minimum Gasteiger partial charge on any atom is -0.369 e. The van der Waals surface area contributed by atoms with Crippen LogP contribution in [0.5, 0.6) is 0 Å². The lowest BCUT2D eigenvalue weighted by atomic mass is 9.93. The van der Waals surface area contributed by atoms with E-state index in [0.29, 0.717) is 24.3 Å². The van der Waals surface area contributed by atoms with Crippen LogP contribution in [0.25, 0.3) is 0 Å². The van der Waals surface area contributed by atoms with Gasteiger partial charge in [-0.25, -0.2) is 4.98 Å². The lowest BCUT2D eigenvalue weighted by molar-refractivity contribution is -0.133. The zero-order chi connectivity index (χ0) is 20.5. The quantitative estimate of drug-likeness (QED) is 0.822. The fourth-order valence-electron chi connectivity index (χ4n) is 3.88. The van der Waals surface area contributed by atoms with Gasteiger partial charge in [-0.3, -0.25) is 14.3 Å². The van der Waals surface area contributed by atoms with Crippen LogP contribution in [-0.2, 0) is 11.8 Å². The Hall–Kier alpha value is -2.90. The summed E-state index contributed by atoms with van der Waals surface area (Å²) >= 11 is 0. The van der Waals surface area contributed by atoms with Gasteiger partial charge in [-0.1, -0.05) is 0 Å². The molecule has 1 saturated heterocycles. The van der Waals surface area contributed by atoms with E-state index in [0.717, 1.165) is 5.56 Å². The van der Waals surface area contributed by atoms with Gasteiger partial charge in [0.1, 0.15) is 5.82 Å². The van der Waals surface area contributed by atoms with Crippen molar-refractivity contribution in [1.29, 1.82) is 0 Å². The van der Waals surface area contributed by atoms with E-state index >= 15 is 0 Å². The van der Waals surface area contributed by atoms with Crippen molar-refractivity contribution in [2.45, 2.75) is 38.8 Å². The highest BCUT2D eigenvalue weighted by Crippen LogP contribution is 2.42. The number of aromatic nitrogens is 3. The molecule has 2 atom stereocenters.